The molecule has 96 valence electrons. The van der Waals surface area contributed by atoms with Crippen LogP contribution in [0.1, 0.15) is 24.5 Å². The Hall–Kier alpha value is -1.33. The molecule has 0 radical (unpaired) electrons. The van der Waals surface area contributed by atoms with Gasteiger partial charge in [-0.15, -0.1) is 0 Å². The van der Waals surface area contributed by atoms with Crippen LogP contribution in [0.5, 0.6) is 0 Å². The van der Waals surface area contributed by atoms with Crippen LogP contribution in [0, 0.1) is 6.92 Å². The van der Waals surface area contributed by atoms with Crippen molar-refractivity contribution in [2.24, 2.45) is 5.73 Å². The van der Waals surface area contributed by atoms with E-state index < -0.39 is 0 Å². The van der Waals surface area contributed by atoms with Gasteiger partial charge < -0.3 is 5.73 Å². The van der Waals surface area contributed by atoms with Crippen molar-refractivity contribution in [3.8, 4) is 0 Å². The number of benzene rings is 1. The van der Waals surface area contributed by atoms with Crippen LogP contribution >= 0.6 is 11.8 Å². The number of aromatic amines is 1. The lowest BCUT2D eigenvalue weighted by atomic mass is 10.0. The third-order valence-electron chi connectivity index (χ3n) is 2.82. The summed E-state index contributed by atoms with van der Waals surface area (Å²) >= 11 is 1.60. The molecule has 0 aliphatic carbocycles. The Kier molecular flexibility index (Phi) is 4.38. The molecule has 0 bridgehead atoms. The Labute approximate surface area is 111 Å². The number of nitrogens with two attached hydrogens (primary N) is 1. The summed E-state index contributed by atoms with van der Waals surface area (Å²) in [5.41, 5.74) is 8.59. The Morgan fingerprint density at radius 2 is 2.28 bits per heavy atom. The predicted octanol–water partition coefficient (Wildman–Crippen LogP) is 2.54. The van der Waals surface area contributed by atoms with Crippen LogP contribution in [0.3, 0.4) is 0 Å². The summed E-state index contributed by atoms with van der Waals surface area (Å²) in [6.07, 6.45) is 3.41. The summed E-state index contributed by atoms with van der Waals surface area (Å²) in [4.78, 5) is 5.34. The van der Waals surface area contributed by atoms with Gasteiger partial charge in [-0.1, -0.05) is 36.4 Å². The first-order valence-electron chi connectivity index (χ1n) is 6.07. The second-order valence-corrected chi connectivity index (χ2v) is 5.41. The van der Waals surface area contributed by atoms with Gasteiger partial charge in [0.1, 0.15) is 6.33 Å². The fraction of sp³-hybridized carbons (Fsp3) is 0.385. The number of nitrogens with one attached hydrogen (secondary N) is 1. The highest BCUT2D eigenvalue weighted by Gasteiger charge is 2.09. The van der Waals surface area contributed by atoms with E-state index in [1.165, 1.54) is 22.3 Å². The zero-order chi connectivity index (χ0) is 13.0. The van der Waals surface area contributed by atoms with Crippen LogP contribution in [0.2, 0.25) is 0 Å². The molecule has 1 unspecified atom stereocenters. The van der Waals surface area contributed by atoms with E-state index in [-0.39, 0.29) is 6.04 Å². The van der Waals surface area contributed by atoms with Crippen molar-refractivity contribution in [2.45, 2.75) is 42.8 Å². The average molecular weight is 262 g/mol. The number of H-pyrrole nitrogens is 1. The molecule has 1 atom stereocenters. The van der Waals surface area contributed by atoms with E-state index in [1.54, 1.807) is 11.8 Å². The van der Waals surface area contributed by atoms with Crippen LogP contribution in [-0.4, -0.2) is 21.2 Å². The minimum atomic E-state index is 0.209. The van der Waals surface area contributed by atoms with Crippen LogP contribution < -0.4 is 5.73 Å². The zero-order valence-electron chi connectivity index (χ0n) is 10.7. The zero-order valence-corrected chi connectivity index (χ0v) is 11.5. The minimum absolute atomic E-state index is 0.209. The number of aromatic nitrogens is 3. The van der Waals surface area contributed by atoms with Crippen molar-refractivity contribution < 1.29 is 0 Å². The lowest BCUT2D eigenvalue weighted by molar-refractivity contribution is 0.640. The molecule has 1 heterocycles. The largest absolute Gasteiger partial charge is 0.327 e. The van der Waals surface area contributed by atoms with Gasteiger partial charge in [0.15, 0.2) is 5.16 Å². The molecule has 18 heavy (non-hydrogen) atoms. The van der Waals surface area contributed by atoms with Gasteiger partial charge in [-0.3, -0.25) is 5.10 Å². The lowest BCUT2D eigenvalue weighted by Gasteiger charge is -2.13. The van der Waals surface area contributed by atoms with E-state index >= 15 is 0 Å². The summed E-state index contributed by atoms with van der Waals surface area (Å²) in [7, 11) is 0. The van der Waals surface area contributed by atoms with Gasteiger partial charge in [-0.05, 0) is 31.4 Å². The second kappa shape index (κ2) is 6.02. The highest BCUT2D eigenvalue weighted by Crippen LogP contribution is 2.29. The number of nitrogens with zero attached hydrogens (tertiary/aromatic N) is 2. The molecule has 1 aromatic heterocycles. The Morgan fingerprint density at radius 1 is 1.44 bits per heavy atom. The maximum absolute atomic E-state index is 6.05. The van der Waals surface area contributed by atoms with Crippen molar-refractivity contribution in [3.05, 3.63) is 35.7 Å². The van der Waals surface area contributed by atoms with E-state index in [0.717, 1.165) is 18.0 Å². The van der Waals surface area contributed by atoms with Crippen molar-refractivity contribution >= 4 is 11.8 Å². The second-order valence-electron chi connectivity index (χ2n) is 4.38. The summed E-state index contributed by atoms with van der Waals surface area (Å²) in [6.45, 7) is 4.22. The summed E-state index contributed by atoms with van der Waals surface area (Å²) < 4.78 is 0. The molecule has 0 fully saturated rings. The molecule has 5 heteroatoms. The van der Waals surface area contributed by atoms with E-state index in [1.807, 2.05) is 0 Å². The Morgan fingerprint density at radius 3 is 2.94 bits per heavy atom. The molecule has 3 N–H and O–H groups in total. The normalized spacial score (nSPS) is 12.6. The smallest absolute Gasteiger partial charge is 0.188 e. The maximum atomic E-state index is 6.05. The van der Waals surface area contributed by atoms with Crippen molar-refractivity contribution in [1.82, 2.24) is 15.2 Å². The van der Waals surface area contributed by atoms with Crippen molar-refractivity contribution in [2.75, 3.05) is 0 Å². The molecule has 2 aromatic rings. The van der Waals surface area contributed by atoms with Crippen LogP contribution in [0.15, 0.2) is 34.6 Å². The Balaban J connectivity index is 2.22. The fourth-order valence-electron chi connectivity index (χ4n) is 1.74. The van der Waals surface area contributed by atoms with Crippen LogP contribution in [0.25, 0.3) is 0 Å². The summed E-state index contributed by atoms with van der Waals surface area (Å²) in [5.74, 6) is 0. The molecule has 2 rings (SSSR count). The first kappa shape index (κ1) is 13.1. The number of hydrogen-bond acceptors (Lipinski definition) is 4. The molecule has 0 amide bonds. The van der Waals surface area contributed by atoms with Crippen molar-refractivity contribution in [1.29, 1.82) is 0 Å². The molecule has 0 saturated carbocycles. The molecular weight excluding hydrogens is 244 g/mol. The highest BCUT2D eigenvalue weighted by molar-refractivity contribution is 7.99. The standard InChI is InChI=1S/C13H18N4S/c1-3-11(14)7-10-6-9(2)4-5-12(10)18-13-15-8-16-17-13/h4-6,8,11H,3,7,14H2,1-2H3,(H,15,16,17). The summed E-state index contributed by atoms with van der Waals surface area (Å²) in [6, 6.07) is 6.65. The third kappa shape index (κ3) is 3.34. The predicted molar refractivity (Wildman–Crippen MR) is 73.7 cm³/mol. The minimum Gasteiger partial charge on any atom is -0.327 e. The number of rotatable bonds is 5. The van der Waals surface area contributed by atoms with Gasteiger partial charge in [0.25, 0.3) is 0 Å². The molecule has 0 aliphatic heterocycles. The molecule has 0 aliphatic rings. The van der Waals surface area contributed by atoms with E-state index in [0.29, 0.717) is 0 Å². The van der Waals surface area contributed by atoms with Crippen molar-refractivity contribution in [3.63, 3.8) is 0 Å². The number of aryl methyl sites for hydroxylation is 1. The van der Waals surface area contributed by atoms with Gasteiger partial charge >= 0.3 is 0 Å². The lowest BCUT2D eigenvalue weighted by Crippen LogP contribution is -2.21. The van der Waals surface area contributed by atoms with Gasteiger partial charge in [0, 0.05) is 10.9 Å². The Bertz CT molecular complexity index is 496. The number of hydrogen-bond donors (Lipinski definition) is 2. The maximum Gasteiger partial charge on any atom is 0.188 e. The van der Waals surface area contributed by atoms with E-state index in [2.05, 4.69) is 47.2 Å². The van der Waals surface area contributed by atoms with Gasteiger partial charge in [0.2, 0.25) is 0 Å². The quantitative estimate of drug-likeness (QED) is 0.869. The average Bonchev–Trinajstić information content (AvgIpc) is 2.85. The topological polar surface area (TPSA) is 67.6 Å². The van der Waals surface area contributed by atoms with Crippen LogP contribution in [0.4, 0.5) is 0 Å². The van der Waals surface area contributed by atoms with Crippen LogP contribution in [-0.2, 0) is 6.42 Å². The molecule has 0 saturated heterocycles. The first-order valence-corrected chi connectivity index (χ1v) is 6.89. The fourth-order valence-corrected chi connectivity index (χ4v) is 2.56. The summed E-state index contributed by atoms with van der Waals surface area (Å²) in [5, 5.41) is 7.54. The molecule has 4 nitrogen and oxygen atoms in total. The highest BCUT2D eigenvalue weighted by atomic mass is 32.2. The molecule has 0 spiro atoms. The monoisotopic (exact) mass is 262 g/mol. The van der Waals surface area contributed by atoms with Gasteiger partial charge in [-0.25, -0.2) is 4.98 Å². The van der Waals surface area contributed by atoms with E-state index in [9.17, 15) is 0 Å². The first-order chi connectivity index (χ1) is 8.69. The van der Waals surface area contributed by atoms with E-state index in [4.69, 9.17) is 5.73 Å². The molecule has 1 aromatic carbocycles. The third-order valence-corrected chi connectivity index (χ3v) is 3.83. The SMILES string of the molecule is CCC(N)Cc1cc(C)ccc1Sc1ncn[nH]1. The van der Waals surface area contributed by atoms with Gasteiger partial charge in [-0.2, -0.15) is 5.10 Å². The molecular formula is C13H18N4S. The van der Waals surface area contributed by atoms with Gasteiger partial charge in [0.05, 0.1) is 0 Å².